The molecule has 0 radical (unpaired) electrons. The van der Waals surface area contributed by atoms with Crippen LogP contribution in [0.5, 0.6) is 0 Å². The van der Waals surface area contributed by atoms with E-state index in [1.807, 2.05) is 0 Å². The molecular formula is C5Cl3F9O. The Morgan fingerprint density at radius 1 is 0.611 bits per heavy atom. The van der Waals surface area contributed by atoms with Gasteiger partial charge in [0, 0.05) is 0 Å². The van der Waals surface area contributed by atoms with Gasteiger partial charge in [0.1, 0.15) is 0 Å². The first-order chi connectivity index (χ1) is 7.46. The molecule has 0 aromatic heterocycles. The predicted octanol–water partition coefficient (Wildman–Crippen LogP) is 4.76. The highest BCUT2D eigenvalue weighted by molar-refractivity contribution is 6.66. The minimum absolute atomic E-state index is 2.60. The topological polar surface area (TPSA) is 9.23 Å². The Morgan fingerprint density at radius 2 is 0.944 bits per heavy atom. The molecule has 0 aliphatic rings. The molecule has 0 N–H and O–H groups in total. The van der Waals surface area contributed by atoms with Gasteiger partial charge in [0.2, 0.25) is 0 Å². The van der Waals surface area contributed by atoms with Gasteiger partial charge in [-0.25, -0.2) is 0 Å². The lowest BCUT2D eigenvalue weighted by molar-refractivity contribution is -0.445. The van der Waals surface area contributed by atoms with Crippen molar-refractivity contribution in [2.45, 2.75) is 28.1 Å². The fourth-order valence-corrected chi connectivity index (χ4v) is 0.861. The number of halogens is 12. The third kappa shape index (κ3) is 3.40. The van der Waals surface area contributed by atoms with Crippen LogP contribution in [0.1, 0.15) is 0 Å². The average Bonchev–Trinajstić information content (AvgIpc) is 1.95. The quantitative estimate of drug-likeness (QED) is 0.525. The largest absolute Gasteiger partial charge is 0.460 e. The molecule has 0 amide bonds. The second-order valence-corrected chi connectivity index (χ2v) is 4.89. The highest BCUT2D eigenvalue weighted by Crippen LogP contribution is 2.55. The average molecular weight is 353 g/mol. The molecule has 0 rings (SSSR count). The molecule has 1 nitrogen and oxygen atoms in total. The first-order valence-corrected chi connectivity index (χ1v) is 4.56. The molecule has 0 atom stereocenters. The molecule has 0 aromatic carbocycles. The molecule has 0 unspecified atom stereocenters. The zero-order chi connectivity index (χ0) is 15.2. The first-order valence-electron chi connectivity index (χ1n) is 3.43. The molecule has 0 bridgehead atoms. The normalized spacial score (nSPS) is 16.0. The Hall–Kier alpha value is 0.200. The number of rotatable bonds is 3. The maximum absolute atomic E-state index is 12.5. The summed E-state index contributed by atoms with van der Waals surface area (Å²) in [5.41, 5.74) is 0. The number of hydrogen-bond acceptors (Lipinski definition) is 1. The summed E-state index contributed by atoms with van der Waals surface area (Å²) >= 11 is 13.4. The summed E-state index contributed by atoms with van der Waals surface area (Å²) in [6.07, 6.45) is -13.3. The Kier molecular flexibility index (Phi) is 4.69. The number of alkyl halides is 12. The summed E-state index contributed by atoms with van der Waals surface area (Å²) in [7, 11) is 0. The summed E-state index contributed by atoms with van der Waals surface area (Å²) < 4.78 is 108. The van der Waals surface area contributed by atoms with Gasteiger partial charge in [-0.3, -0.25) is 4.74 Å². The van der Waals surface area contributed by atoms with Crippen LogP contribution in [-0.4, -0.2) is 28.1 Å². The van der Waals surface area contributed by atoms with E-state index < -0.39 is 28.1 Å². The van der Waals surface area contributed by atoms with E-state index in [0.717, 1.165) is 0 Å². The molecule has 0 fully saturated rings. The van der Waals surface area contributed by atoms with Crippen molar-refractivity contribution in [2.24, 2.45) is 0 Å². The van der Waals surface area contributed by atoms with Crippen molar-refractivity contribution in [3.8, 4) is 0 Å². The molecule has 0 saturated heterocycles. The third-order valence-electron chi connectivity index (χ3n) is 1.36. The monoisotopic (exact) mass is 352 g/mol. The SMILES string of the molecule is FC(F)(F)C(F)(F)C(F)(F)C(F)(F)OC(Cl)(Cl)Cl. The maximum atomic E-state index is 12.5. The minimum Gasteiger partial charge on any atom is -0.265 e. The van der Waals surface area contributed by atoms with E-state index in [4.69, 9.17) is 0 Å². The van der Waals surface area contributed by atoms with Gasteiger partial charge >= 0.3 is 28.1 Å². The van der Waals surface area contributed by atoms with Gasteiger partial charge in [-0.2, -0.15) is 39.5 Å². The summed E-state index contributed by atoms with van der Waals surface area (Å²) in [5, 5.41) is 0. The Balaban J connectivity index is 5.50. The van der Waals surface area contributed by atoms with Gasteiger partial charge in [-0.15, -0.1) is 0 Å². The smallest absolute Gasteiger partial charge is 0.265 e. The molecule has 0 aliphatic heterocycles. The van der Waals surface area contributed by atoms with E-state index in [9.17, 15) is 39.5 Å². The van der Waals surface area contributed by atoms with Crippen molar-refractivity contribution >= 4 is 34.8 Å². The minimum atomic E-state index is -7.10. The van der Waals surface area contributed by atoms with Crippen molar-refractivity contribution in [1.82, 2.24) is 0 Å². The second kappa shape index (κ2) is 4.64. The molecule has 0 saturated carbocycles. The standard InChI is InChI=1S/C5Cl3F9O/c6-5(7,8)18-4(16,17)2(11,12)1(9,10)3(13,14)15. The van der Waals surface area contributed by atoms with Crippen LogP contribution in [0.2, 0.25) is 0 Å². The number of hydrogen-bond donors (Lipinski definition) is 0. The van der Waals surface area contributed by atoms with E-state index in [0.29, 0.717) is 0 Å². The zero-order valence-electron chi connectivity index (χ0n) is 7.44. The molecule has 110 valence electrons. The van der Waals surface area contributed by atoms with Crippen LogP contribution in [0, 0.1) is 0 Å². The van der Waals surface area contributed by atoms with Crippen molar-refractivity contribution in [1.29, 1.82) is 0 Å². The molecule has 0 heterocycles. The van der Waals surface area contributed by atoms with Crippen LogP contribution in [0.25, 0.3) is 0 Å². The van der Waals surface area contributed by atoms with Gasteiger partial charge in [-0.05, 0) is 0 Å². The summed E-state index contributed by atoms with van der Waals surface area (Å²) in [4.78, 5) is 0. The lowest BCUT2D eigenvalue weighted by atomic mass is 10.1. The molecule has 0 aliphatic carbocycles. The van der Waals surface area contributed by atoms with E-state index in [1.54, 1.807) is 0 Å². The zero-order valence-corrected chi connectivity index (χ0v) is 9.71. The van der Waals surface area contributed by atoms with Gasteiger partial charge in [0.15, 0.2) is 0 Å². The summed E-state index contributed by atoms with van der Waals surface area (Å²) in [6.45, 7) is 0. The Bertz CT molecular complexity index is 306. The van der Waals surface area contributed by atoms with Crippen molar-refractivity contribution in [2.75, 3.05) is 0 Å². The van der Waals surface area contributed by atoms with Crippen LogP contribution < -0.4 is 0 Å². The van der Waals surface area contributed by atoms with Gasteiger partial charge in [0.25, 0.3) is 0 Å². The fraction of sp³-hybridized carbons (Fsp3) is 1.00. The van der Waals surface area contributed by atoms with E-state index in [1.165, 1.54) is 0 Å². The van der Waals surface area contributed by atoms with Crippen molar-refractivity contribution in [3.63, 3.8) is 0 Å². The lowest BCUT2D eigenvalue weighted by Crippen LogP contribution is -2.62. The van der Waals surface area contributed by atoms with E-state index >= 15 is 0 Å². The summed E-state index contributed by atoms with van der Waals surface area (Å²) in [6, 6.07) is 0. The molecule has 18 heavy (non-hydrogen) atoms. The third-order valence-corrected chi connectivity index (χ3v) is 1.59. The molecule has 0 spiro atoms. The van der Waals surface area contributed by atoms with Gasteiger partial charge in [-0.1, -0.05) is 34.8 Å². The van der Waals surface area contributed by atoms with Crippen molar-refractivity contribution in [3.05, 3.63) is 0 Å². The van der Waals surface area contributed by atoms with Crippen LogP contribution in [-0.2, 0) is 4.74 Å². The fourth-order valence-electron chi connectivity index (χ4n) is 0.570. The highest BCUT2D eigenvalue weighted by atomic mass is 35.6. The highest BCUT2D eigenvalue weighted by Gasteiger charge is 2.83. The summed E-state index contributed by atoms with van der Waals surface area (Å²) in [5.74, 6) is -14.1. The van der Waals surface area contributed by atoms with E-state index in [-0.39, 0.29) is 0 Å². The molecule has 0 aromatic rings. The van der Waals surface area contributed by atoms with Crippen LogP contribution in [0.3, 0.4) is 0 Å². The first kappa shape index (κ1) is 18.2. The lowest BCUT2D eigenvalue weighted by Gasteiger charge is -2.34. The Morgan fingerprint density at radius 3 is 1.17 bits per heavy atom. The number of ether oxygens (including phenoxy) is 1. The van der Waals surface area contributed by atoms with Gasteiger partial charge in [0.05, 0.1) is 0 Å². The molecule has 13 heteroatoms. The van der Waals surface area contributed by atoms with Crippen LogP contribution in [0.4, 0.5) is 39.5 Å². The van der Waals surface area contributed by atoms with Crippen molar-refractivity contribution < 1.29 is 44.3 Å². The van der Waals surface area contributed by atoms with E-state index in [2.05, 4.69) is 39.5 Å². The molecular weight excluding hydrogens is 353 g/mol. The van der Waals surface area contributed by atoms with Crippen LogP contribution >= 0.6 is 34.8 Å². The Labute approximate surface area is 108 Å². The predicted molar refractivity (Wildman–Crippen MR) is 42.3 cm³/mol. The second-order valence-electron chi connectivity index (χ2n) is 2.71. The van der Waals surface area contributed by atoms with Gasteiger partial charge < -0.3 is 0 Å². The van der Waals surface area contributed by atoms with Crippen LogP contribution in [0.15, 0.2) is 0 Å². The maximum Gasteiger partial charge on any atom is 0.460 e.